The van der Waals surface area contributed by atoms with E-state index in [1.165, 1.54) is 0 Å². The average Bonchev–Trinajstić information content (AvgIpc) is 2.26. The largest absolute Gasteiger partial charge is 0.391 e. The van der Waals surface area contributed by atoms with Gasteiger partial charge in [0.15, 0.2) is 0 Å². The Hall–Kier alpha value is -1.08. The second-order valence-electron chi connectivity index (χ2n) is 4.25. The van der Waals surface area contributed by atoms with Gasteiger partial charge in [0.05, 0.1) is 10.5 Å². The van der Waals surface area contributed by atoms with Crippen LogP contribution in [0.5, 0.6) is 0 Å². The second-order valence-corrected chi connectivity index (χ2v) is 5.60. The Morgan fingerprint density at radius 3 is 2.32 bits per heavy atom. The van der Waals surface area contributed by atoms with Crippen LogP contribution < -0.4 is 11.1 Å². The van der Waals surface area contributed by atoms with Crippen LogP contribution in [0.1, 0.15) is 30.6 Å². The molecule has 0 radical (unpaired) electrons. The SMILES string of the molecule is CCC(C)(NC(=O)c1c(F)cc(Br)cc1F)C(N)=S. The summed E-state index contributed by atoms with van der Waals surface area (Å²) in [5.74, 6) is -2.80. The van der Waals surface area contributed by atoms with Gasteiger partial charge in [0, 0.05) is 4.47 Å². The zero-order valence-corrected chi connectivity index (χ0v) is 12.8. The molecule has 0 fully saturated rings. The molecule has 0 aliphatic carbocycles. The van der Waals surface area contributed by atoms with Gasteiger partial charge in [-0.05, 0) is 25.5 Å². The van der Waals surface area contributed by atoms with Crippen molar-refractivity contribution in [3.8, 4) is 0 Å². The Morgan fingerprint density at radius 2 is 1.95 bits per heavy atom. The summed E-state index contributed by atoms with van der Waals surface area (Å²) >= 11 is 7.79. The van der Waals surface area contributed by atoms with E-state index in [0.29, 0.717) is 6.42 Å². The summed E-state index contributed by atoms with van der Waals surface area (Å²) in [5, 5.41) is 2.46. The first-order valence-electron chi connectivity index (χ1n) is 5.48. The highest BCUT2D eigenvalue weighted by Gasteiger charge is 2.30. The van der Waals surface area contributed by atoms with E-state index in [1.807, 2.05) is 0 Å². The summed E-state index contributed by atoms with van der Waals surface area (Å²) in [6.45, 7) is 3.36. The zero-order valence-electron chi connectivity index (χ0n) is 10.4. The van der Waals surface area contributed by atoms with Crippen LogP contribution >= 0.6 is 28.1 Å². The lowest BCUT2D eigenvalue weighted by molar-refractivity contribution is 0.0918. The molecule has 0 aliphatic rings. The highest BCUT2D eigenvalue weighted by Crippen LogP contribution is 2.20. The number of halogens is 3. The van der Waals surface area contributed by atoms with Crippen LogP contribution in [-0.2, 0) is 0 Å². The molecule has 0 heterocycles. The van der Waals surface area contributed by atoms with Gasteiger partial charge in [0.25, 0.3) is 5.91 Å². The molecule has 0 aliphatic heterocycles. The van der Waals surface area contributed by atoms with E-state index < -0.39 is 28.6 Å². The lowest BCUT2D eigenvalue weighted by Gasteiger charge is -2.28. The Balaban J connectivity index is 3.12. The van der Waals surface area contributed by atoms with E-state index in [1.54, 1.807) is 13.8 Å². The first-order chi connectivity index (χ1) is 8.71. The van der Waals surface area contributed by atoms with Gasteiger partial charge < -0.3 is 11.1 Å². The van der Waals surface area contributed by atoms with Gasteiger partial charge in [-0.3, -0.25) is 4.79 Å². The van der Waals surface area contributed by atoms with Crippen LogP contribution in [0.2, 0.25) is 0 Å². The number of hydrogen-bond acceptors (Lipinski definition) is 2. The van der Waals surface area contributed by atoms with Gasteiger partial charge in [-0.2, -0.15) is 0 Å². The van der Waals surface area contributed by atoms with Crippen molar-refractivity contribution in [2.45, 2.75) is 25.8 Å². The maximum Gasteiger partial charge on any atom is 0.258 e. The number of thiocarbonyl (C=S) groups is 1. The van der Waals surface area contributed by atoms with Crippen molar-refractivity contribution >= 4 is 39.0 Å². The van der Waals surface area contributed by atoms with Crippen LogP contribution in [0.3, 0.4) is 0 Å². The molecule has 1 unspecified atom stereocenters. The van der Waals surface area contributed by atoms with Crippen molar-refractivity contribution in [3.63, 3.8) is 0 Å². The highest BCUT2D eigenvalue weighted by molar-refractivity contribution is 9.10. The molecule has 0 saturated heterocycles. The molecule has 0 bridgehead atoms. The molecule has 3 nitrogen and oxygen atoms in total. The van der Waals surface area contributed by atoms with Gasteiger partial charge in [0.2, 0.25) is 0 Å². The van der Waals surface area contributed by atoms with Crippen molar-refractivity contribution in [1.82, 2.24) is 5.32 Å². The first kappa shape index (κ1) is 16.0. The van der Waals surface area contributed by atoms with Gasteiger partial charge in [0.1, 0.15) is 17.2 Å². The number of nitrogens with two attached hydrogens (primary N) is 1. The summed E-state index contributed by atoms with van der Waals surface area (Å²) in [5.41, 5.74) is 3.89. The minimum absolute atomic E-state index is 0.0567. The smallest absolute Gasteiger partial charge is 0.258 e. The van der Waals surface area contributed by atoms with Crippen molar-refractivity contribution in [3.05, 3.63) is 33.8 Å². The van der Waals surface area contributed by atoms with Crippen LogP contribution in [0.25, 0.3) is 0 Å². The summed E-state index contributed by atoms with van der Waals surface area (Å²) < 4.78 is 27.5. The number of benzene rings is 1. The highest BCUT2D eigenvalue weighted by atomic mass is 79.9. The third-order valence-corrected chi connectivity index (χ3v) is 3.78. The topological polar surface area (TPSA) is 55.1 Å². The van der Waals surface area contributed by atoms with E-state index in [2.05, 4.69) is 21.2 Å². The average molecular weight is 351 g/mol. The predicted molar refractivity (Wildman–Crippen MR) is 77.0 cm³/mol. The lowest BCUT2D eigenvalue weighted by atomic mass is 9.98. The quantitative estimate of drug-likeness (QED) is 0.821. The molecule has 0 aromatic heterocycles. The van der Waals surface area contributed by atoms with Gasteiger partial charge in [-0.15, -0.1) is 0 Å². The first-order valence-corrected chi connectivity index (χ1v) is 6.68. The normalized spacial score (nSPS) is 13.7. The summed E-state index contributed by atoms with van der Waals surface area (Å²) in [6, 6.07) is 2.03. The van der Waals surface area contributed by atoms with Crippen molar-refractivity contribution in [1.29, 1.82) is 0 Å². The summed E-state index contributed by atoms with van der Waals surface area (Å²) in [7, 11) is 0. The Labute approximate surface area is 123 Å². The molecule has 1 atom stereocenters. The Kier molecular flexibility index (Phi) is 4.98. The fourth-order valence-electron chi connectivity index (χ4n) is 1.40. The van der Waals surface area contributed by atoms with Crippen molar-refractivity contribution < 1.29 is 13.6 Å². The Bertz CT molecular complexity index is 515. The molecule has 1 aromatic rings. The zero-order chi connectivity index (χ0) is 14.8. The second kappa shape index (κ2) is 5.92. The molecule has 1 rings (SSSR count). The molecule has 104 valence electrons. The lowest BCUT2D eigenvalue weighted by Crippen LogP contribution is -2.54. The minimum Gasteiger partial charge on any atom is -0.391 e. The molecule has 0 saturated carbocycles. The molecule has 19 heavy (non-hydrogen) atoms. The fourth-order valence-corrected chi connectivity index (χ4v) is 1.99. The standard InChI is InChI=1S/C12H13BrF2N2OS/c1-3-12(2,11(16)19)17-10(18)9-7(14)4-6(13)5-8(9)15/h4-5H,3H2,1-2H3,(H2,16,19)(H,17,18). The van der Waals surface area contributed by atoms with E-state index in [0.717, 1.165) is 12.1 Å². The number of amides is 1. The molecule has 1 amide bonds. The monoisotopic (exact) mass is 350 g/mol. The number of carbonyl (C=O) groups excluding carboxylic acids is 1. The number of carbonyl (C=O) groups is 1. The van der Waals surface area contributed by atoms with E-state index in [-0.39, 0.29) is 9.46 Å². The van der Waals surface area contributed by atoms with E-state index in [9.17, 15) is 13.6 Å². The predicted octanol–water partition coefficient (Wildman–Crippen LogP) is 2.91. The molecule has 0 spiro atoms. The van der Waals surface area contributed by atoms with Crippen molar-refractivity contribution in [2.24, 2.45) is 5.73 Å². The molecule has 3 N–H and O–H groups in total. The van der Waals surface area contributed by atoms with Crippen LogP contribution in [0.4, 0.5) is 8.78 Å². The van der Waals surface area contributed by atoms with Crippen LogP contribution in [-0.4, -0.2) is 16.4 Å². The third-order valence-electron chi connectivity index (χ3n) is 2.87. The van der Waals surface area contributed by atoms with Crippen molar-refractivity contribution in [2.75, 3.05) is 0 Å². The maximum atomic E-state index is 13.6. The summed E-state index contributed by atoms with van der Waals surface area (Å²) in [4.78, 5) is 12.0. The molecular weight excluding hydrogens is 338 g/mol. The number of nitrogens with one attached hydrogen (secondary N) is 1. The minimum atomic E-state index is -0.988. The Morgan fingerprint density at radius 1 is 1.47 bits per heavy atom. The maximum absolute atomic E-state index is 13.6. The number of hydrogen-bond donors (Lipinski definition) is 2. The third kappa shape index (κ3) is 3.48. The molecule has 1 aromatic carbocycles. The molecular formula is C12H13BrF2N2OS. The van der Waals surface area contributed by atoms with Crippen LogP contribution in [0, 0.1) is 11.6 Å². The van der Waals surface area contributed by atoms with Gasteiger partial charge in [-0.25, -0.2) is 8.78 Å². The van der Waals surface area contributed by atoms with Gasteiger partial charge >= 0.3 is 0 Å². The summed E-state index contributed by atoms with van der Waals surface area (Å²) in [6.07, 6.45) is 0.411. The van der Waals surface area contributed by atoms with Gasteiger partial charge in [-0.1, -0.05) is 35.1 Å². The van der Waals surface area contributed by atoms with E-state index in [4.69, 9.17) is 18.0 Å². The van der Waals surface area contributed by atoms with Crippen LogP contribution in [0.15, 0.2) is 16.6 Å². The fraction of sp³-hybridized carbons (Fsp3) is 0.333. The number of rotatable bonds is 4. The molecule has 7 heteroatoms. The van der Waals surface area contributed by atoms with E-state index >= 15 is 0 Å².